The van der Waals surface area contributed by atoms with Crippen molar-refractivity contribution in [3.63, 3.8) is 0 Å². The Morgan fingerprint density at radius 2 is 2.00 bits per heavy atom. The summed E-state index contributed by atoms with van der Waals surface area (Å²) in [6.07, 6.45) is 3.19. The predicted octanol–water partition coefficient (Wildman–Crippen LogP) is 3.64. The van der Waals surface area contributed by atoms with Gasteiger partial charge in [-0.1, -0.05) is 18.2 Å². The van der Waals surface area contributed by atoms with Crippen molar-refractivity contribution < 1.29 is 0 Å². The van der Waals surface area contributed by atoms with Crippen LogP contribution < -0.4 is 5.73 Å². The van der Waals surface area contributed by atoms with Gasteiger partial charge in [-0.2, -0.15) is 0 Å². The third kappa shape index (κ3) is 4.09. The van der Waals surface area contributed by atoms with Gasteiger partial charge in [-0.05, 0) is 48.9 Å². The fourth-order valence-electron chi connectivity index (χ4n) is 2.29. The van der Waals surface area contributed by atoms with Crippen molar-refractivity contribution in [3.8, 4) is 0 Å². The summed E-state index contributed by atoms with van der Waals surface area (Å²) in [7, 11) is 2.16. The number of benzene rings is 1. The average molecular weight is 306 g/mol. The molecule has 2 N–H and O–H groups in total. The second-order valence-electron chi connectivity index (χ2n) is 4.83. The molecule has 1 heterocycles. The van der Waals surface area contributed by atoms with Crippen LogP contribution in [0.2, 0.25) is 0 Å². The van der Waals surface area contributed by atoms with Gasteiger partial charge in [0.2, 0.25) is 0 Å². The standard InChI is InChI=1S/C16H22N2S2/c1-18(10-9-15-4-3-11-20-15)16(12-17)13-5-7-14(19-2)8-6-13/h3-8,11,16H,9-10,12,17H2,1-2H3. The Balaban J connectivity index is 1.98. The zero-order valence-corrected chi connectivity index (χ0v) is 13.7. The molecule has 0 amide bonds. The highest BCUT2D eigenvalue weighted by molar-refractivity contribution is 7.98. The third-order valence-corrected chi connectivity index (χ3v) is 5.23. The second-order valence-corrected chi connectivity index (χ2v) is 6.75. The van der Waals surface area contributed by atoms with E-state index < -0.39 is 0 Å². The first kappa shape index (κ1) is 15.6. The summed E-state index contributed by atoms with van der Waals surface area (Å²) >= 11 is 3.59. The largest absolute Gasteiger partial charge is 0.329 e. The SMILES string of the molecule is CSc1ccc(C(CN)N(C)CCc2cccs2)cc1. The zero-order valence-electron chi connectivity index (χ0n) is 12.1. The lowest BCUT2D eigenvalue weighted by molar-refractivity contribution is 0.253. The second kappa shape index (κ2) is 7.84. The van der Waals surface area contributed by atoms with Crippen molar-refractivity contribution in [1.29, 1.82) is 0 Å². The van der Waals surface area contributed by atoms with E-state index >= 15 is 0 Å². The van der Waals surface area contributed by atoms with Crippen molar-refractivity contribution >= 4 is 23.1 Å². The van der Waals surface area contributed by atoms with E-state index in [-0.39, 0.29) is 0 Å². The number of nitrogens with zero attached hydrogens (tertiary/aromatic N) is 1. The van der Waals surface area contributed by atoms with E-state index in [1.165, 1.54) is 15.3 Å². The highest BCUT2D eigenvalue weighted by Gasteiger charge is 2.15. The van der Waals surface area contributed by atoms with E-state index in [9.17, 15) is 0 Å². The number of hydrogen-bond donors (Lipinski definition) is 1. The number of hydrogen-bond acceptors (Lipinski definition) is 4. The van der Waals surface area contributed by atoms with Crippen LogP contribution in [-0.4, -0.2) is 31.3 Å². The first-order chi connectivity index (χ1) is 9.74. The molecule has 0 aliphatic heterocycles. The molecule has 1 aromatic carbocycles. The van der Waals surface area contributed by atoms with Crippen molar-refractivity contribution in [3.05, 3.63) is 52.2 Å². The Labute approximate surface area is 130 Å². The molecule has 2 nitrogen and oxygen atoms in total. The molecule has 0 aliphatic rings. The smallest absolute Gasteiger partial charge is 0.0467 e. The van der Waals surface area contributed by atoms with Crippen molar-refractivity contribution in [2.24, 2.45) is 5.73 Å². The molecule has 0 fully saturated rings. The Morgan fingerprint density at radius 1 is 1.25 bits per heavy atom. The lowest BCUT2D eigenvalue weighted by atomic mass is 10.1. The number of rotatable bonds is 7. The Kier molecular flexibility index (Phi) is 6.10. The minimum atomic E-state index is 0.297. The van der Waals surface area contributed by atoms with Gasteiger partial charge in [0.15, 0.2) is 0 Å². The molecule has 1 aromatic heterocycles. The molecule has 0 saturated heterocycles. The lowest BCUT2D eigenvalue weighted by Gasteiger charge is -2.27. The predicted molar refractivity (Wildman–Crippen MR) is 90.7 cm³/mol. The molecule has 0 aliphatic carbocycles. The molecule has 0 saturated carbocycles. The summed E-state index contributed by atoms with van der Waals surface area (Å²) < 4.78 is 0. The molecule has 108 valence electrons. The fraction of sp³-hybridized carbons (Fsp3) is 0.375. The maximum atomic E-state index is 5.98. The fourth-order valence-corrected chi connectivity index (χ4v) is 3.40. The first-order valence-corrected chi connectivity index (χ1v) is 8.91. The maximum Gasteiger partial charge on any atom is 0.0467 e. The number of thioether (sulfide) groups is 1. The summed E-state index contributed by atoms with van der Waals surface area (Å²) in [5.74, 6) is 0. The van der Waals surface area contributed by atoms with Gasteiger partial charge >= 0.3 is 0 Å². The van der Waals surface area contributed by atoms with Gasteiger partial charge in [0.25, 0.3) is 0 Å². The molecule has 2 aromatic rings. The van der Waals surface area contributed by atoms with E-state index in [2.05, 4.69) is 60.0 Å². The number of likely N-dealkylation sites (N-methyl/N-ethyl adjacent to an activating group) is 1. The molecule has 1 atom stereocenters. The number of nitrogens with two attached hydrogens (primary N) is 1. The minimum absolute atomic E-state index is 0.297. The highest BCUT2D eigenvalue weighted by Crippen LogP contribution is 2.22. The summed E-state index contributed by atoms with van der Waals surface area (Å²) in [5, 5.41) is 2.14. The van der Waals surface area contributed by atoms with Crippen LogP contribution in [0.5, 0.6) is 0 Å². The van der Waals surface area contributed by atoms with Crippen molar-refractivity contribution in [1.82, 2.24) is 4.90 Å². The Hall–Kier alpha value is -0.810. The van der Waals surface area contributed by atoms with Gasteiger partial charge in [-0.25, -0.2) is 0 Å². The molecule has 0 bridgehead atoms. The average Bonchev–Trinajstić information content (AvgIpc) is 3.00. The summed E-state index contributed by atoms with van der Waals surface area (Å²) in [5.41, 5.74) is 7.29. The van der Waals surface area contributed by atoms with Gasteiger partial charge in [0, 0.05) is 28.9 Å². The zero-order chi connectivity index (χ0) is 14.4. The molecule has 0 spiro atoms. The Bertz CT molecular complexity index is 494. The van der Waals surface area contributed by atoms with Gasteiger partial charge in [-0.15, -0.1) is 23.1 Å². The van der Waals surface area contributed by atoms with Gasteiger partial charge in [-0.3, -0.25) is 4.90 Å². The van der Waals surface area contributed by atoms with Crippen molar-refractivity contribution in [2.75, 3.05) is 26.4 Å². The maximum absolute atomic E-state index is 5.98. The van der Waals surface area contributed by atoms with Crippen LogP contribution in [-0.2, 0) is 6.42 Å². The molecule has 20 heavy (non-hydrogen) atoms. The summed E-state index contributed by atoms with van der Waals surface area (Å²) in [6.45, 7) is 1.69. The van der Waals surface area contributed by atoms with Crippen LogP contribution in [0.4, 0.5) is 0 Å². The van der Waals surface area contributed by atoms with E-state index in [1.807, 2.05) is 11.3 Å². The first-order valence-electron chi connectivity index (χ1n) is 6.81. The van der Waals surface area contributed by atoms with E-state index in [1.54, 1.807) is 11.8 Å². The molecule has 0 radical (unpaired) electrons. The lowest BCUT2D eigenvalue weighted by Crippen LogP contribution is -2.32. The molecule has 2 rings (SSSR count). The van der Waals surface area contributed by atoms with Crippen LogP contribution in [0, 0.1) is 0 Å². The quantitative estimate of drug-likeness (QED) is 0.792. The van der Waals surface area contributed by atoms with Gasteiger partial charge in [0.05, 0.1) is 0 Å². The topological polar surface area (TPSA) is 29.3 Å². The minimum Gasteiger partial charge on any atom is -0.329 e. The molecule has 1 unspecified atom stereocenters. The van der Waals surface area contributed by atoms with Crippen LogP contribution in [0.15, 0.2) is 46.7 Å². The number of thiophene rings is 1. The van der Waals surface area contributed by atoms with Crippen LogP contribution in [0.3, 0.4) is 0 Å². The normalized spacial score (nSPS) is 12.8. The monoisotopic (exact) mass is 306 g/mol. The van der Waals surface area contributed by atoms with E-state index in [4.69, 9.17) is 5.73 Å². The van der Waals surface area contributed by atoms with E-state index in [0.29, 0.717) is 12.6 Å². The van der Waals surface area contributed by atoms with Crippen LogP contribution in [0.1, 0.15) is 16.5 Å². The molecular weight excluding hydrogens is 284 g/mol. The van der Waals surface area contributed by atoms with Crippen molar-refractivity contribution in [2.45, 2.75) is 17.4 Å². The van der Waals surface area contributed by atoms with Crippen LogP contribution >= 0.6 is 23.1 Å². The van der Waals surface area contributed by atoms with Gasteiger partial charge < -0.3 is 5.73 Å². The van der Waals surface area contributed by atoms with E-state index in [0.717, 1.165) is 13.0 Å². The summed E-state index contributed by atoms with van der Waals surface area (Å²) in [4.78, 5) is 5.09. The molecular formula is C16H22N2S2. The van der Waals surface area contributed by atoms with Crippen LogP contribution in [0.25, 0.3) is 0 Å². The highest BCUT2D eigenvalue weighted by atomic mass is 32.2. The molecule has 4 heteroatoms. The Morgan fingerprint density at radius 3 is 2.55 bits per heavy atom. The third-order valence-electron chi connectivity index (χ3n) is 3.55. The summed E-state index contributed by atoms with van der Waals surface area (Å²) in [6, 6.07) is 13.4. The van der Waals surface area contributed by atoms with Gasteiger partial charge in [0.1, 0.15) is 0 Å².